The smallest absolute Gasteiger partial charge is 0.402 e. The molecule has 0 saturated carbocycles. The van der Waals surface area contributed by atoms with Crippen molar-refractivity contribution in [2.75, 3.05) is 7.11 Å². The van der Waals surface area contributed by atoms with Crippen LogP contribution in [0.5, 0.6) is 0 Å². The van der Waals surface area contributed by atoms with Crippen LogP contribution in [0.1, 0.15) is 22.3 Å². The maximum absolute atomic E-state index is 13.4. The number of halogens is 3. The largest absolute Gasteiger partial charge is 0.465 e. The zero-order valence-corrected chi connectivity index (χ0v) is 10.8. The van der Waals surface area contributed by atoms with Gasteiger partial charge in [0.15, 0.2) is 0 Å². The number of hydrogen-bond donors (Lipinski definition) is 0. The van der Waals surface area contributed by atoms with E-state index in [-0.39, 0.29) is 17.5 Å². The Hall–Kier alpha value is -2.04. The Bertz CT molecular complexity index is 555. The Kier molecular flexibility index (Phi) is 3.70. The summed E-state index contributed by atoms with van der Waals surface area (Å²) in [6.07, 6.45) is 1.07. The van der Waals surface area contributed by atoms with Gasteiger partial charge < -0.3 is 4.74 Å². The van der Waals surface area contributed by atoms with E-state index < -0.39 is 17.6 Å². The first-order valence-corrected chi connectivity index (χ1v) is 6.01. The molecule has 0 fully saturated rings. The maximum atomic E-state index is 13.4. The number of carbonyl (C=O) groups excluding carboxylic acids is 1. The van der Waals surface area contributed by atoms with Crippen LogP contribution in [-0.4, -0.2) is 19.3 Å². The molecule has 0 aliphatic heterocycles. The van der Waals surface area contributed by atoms with E-state index in [0.29, 0.717) is 0 Å². The van der Waals surface area contributed by atoms with Crippen molar-refractivity contribution in [2.24, 2.45) is 0 Å². The lowest BCUT2D eigenvalue weighted by Gasteiger charge is -2.34. The molecule has 0 saturated heterocycles. The standard InChI is InChI=1S/C15H13F3O2/c1-20-13(19)11-5-7-12(8-6-11)14(15(16,17)18)9-3-2-4-10-14/h2-9H,10H2,1H3. The van der Waals surface area contributed by atoms with E-state index in [4.69, 9.17) is 0 Å². The number of ether oxygens (including phenoxy) is 1. The van der Waals surface area contributed by atoms with Gasteiger partial charge in [-0.3, -0.25) is 0 Å². The fourth-order valence-electron chi connectivity index (χ4n) is 2.23. The molecule has 1 aliphatic rings. The van der Waals surface area contributed by atoms with Crippen LogP contribution in [-0.2, 0) is 10.2 Å². The van der Waals surface area contributed by atoms with Gasteiger partial charge in [0, 0.05) is 0 Å². The average Bonchev–Trinajstić information content (AvgIpc) is 2.46. The lowest BCUT2D eigenvalue weighted by Crippen LogP contribution is -2.41. The molecule has 2 nitrogen and oxygen atoms in total. The summed E-state index contributed by atoms with van der Waals surface area (Å²) in [7, 11) is 1.22. The Morgan fingerprint density at radius 1 is 1.20 bits per heavy atom. The third-order valence-corrected chi connectivity index (χ3v) is 3.39. The third-order valence-electron chi connectivity index (χ3n) is 3.39. The molecule has 0 amide bonds. The van der Waals surface area contributed by atoms with Crippen LogP contribution in [0.2, 0.25) is 0 Å². The van der Waals surface area contributed by atoms with Crippen LogP contribution in [0.4, 0.5) is 13.2 Å². The van der Waals surface area contributed by atoms with Gasteiger partial charge >= 0.3 is 12.1 Å². The first kappa shape index (κ1) is 14.4. The number of carbonyl (C=O) groups is 1. The van der Waals surface area contributed by atoms with Crippen LogP contribution in [0, 0.1) is 0 Å². The molecule has 0 radical (unpaired) electrons. The van der Waals surface area contributed by atoms with Gasteiger partial charge in [-0.25, -0.2) is 4.79 Å². The van der Waals surface area contributed by atoms with Gasteiger partial charge in [0.05, 0.1) is 12.7 Å². The molecule has 1 atom stereocenters. The second-order valence-corrected chi connectivity index (χ2v) is 4.53. The molecule has 0 N–H and O–H groups in total. The molecule has 2 rings (SSSR count). The second kappa shape index (κ2) is 5.15. The van der Waals surface area contributed by atoms with Crippen molar-refractivity contribution >= 4 is 5.97 Å². The minimum absolute atomic E-state index is 0.109. The minimum Gasteiger partial charge on any atom is -0.465 e. The van der Waals surface area contributed by atoms with Crippen molar-refractivity contribution in [3.63, 3.8) is 0 Å². The first-order valence-electron chi connectivity index (χ1n) is 6.01. The summed E-state index contributed by atoms with van der Waals surface area (Å²) in [5, 5.41) is 0. The Morgan fingerprint density at radius 2 is 1.85 bits per heavy atom. The van der Waals surface area contributed by atoms with Crippen LogP contribution < -0.4 is 0 Å². The number of alkyl halides is 3. The predicted molar refractivity (Wildman–Crippen MR) is 68.4 cm³/mol. The van der Waals surface area contributed by atoms with E-state index >= 15 is 0 Å². The number of hydrogen-bond acceptors (Lipinski definition) is 2. The molecule has 1 aliphatic carbocycles. The van der Waals surface area contributed by atoms with Crippen LogP contribution in [0.3, 0.4) is 0 Å². The normalized spacial score (nSPS) is 21.8. The van der Waals surface area contributed by atoms with E-state index in [1.807, 2.05) is 0 Å². The molecule has 1 aromatic rings. The monoisotopic (exact) mass is 282 g/mol. The highest BCUT2D eigenvalue weighted by Crippen LogP contribution is 2.46. The minimum atomic E-state index is -4.40. The molecular weight excluding hydrogens is 269 g/mol. The van der Waals surface area contributed by atoms with Gasteiger partial charge in [0.25, 0.3) is 0 Å². The van der Waals surface area contributed by atoms with Crippen molar-refractivity contribution < 1.29 is 22.7 Å². The van der Waals surface area contributed by atoms with E-state index in [9.17, 15) is 18.0 Å². The predicted octanol–water partition coefficient (Wildman–Crippen LogP) is 3.79. The van der Waals surface area contributed by atoms with Gasteiger partial charge in [-0.1, -0.05) is 36.4 Å². The quantitative estimate of drug-likeness (QED) is 0.771. The third kappa shape index (κ3) is 2.35. The lowest BCUT2D eigenvalue weighted by molar-refractivity contribution is -0.175. The van der Waals surface area contributed by atoms with E-state index in [0.717, 1.165) is 6.08 Å². The summed E-state index contributed by atoms with van der Waals surface area (Å²) in [6, 6.07) is 5.34. The Morgan fingerprint density at radius 3 is 2.30 bits per heavy atom. The topological polar surface area (TPSA) is 26.3 Å². The summed E-state index contributed by atoms with van der Waals surface area (Å²) >= 11 is 0. The molecule has 1 unspecified atom stereocenters. The average molecular weight is 282 g/mol. The molecule has 106 valence electrons. The number of esters is 1. The number of methoxy groups -OCH3 is 1. The number of benzene rings is 1. The van der Waals surface area contributed by atoms with E-state index in [1.54, 1.807) is 6.08 Å². The van der Waals surface area contributed by atoms with Gasteiger partial charge in [-0.05, 0) is 24.1 Å². The Labute approximate surface area is 114 Å². The Balaban J connectivity index is 2.44. The number of allylic oxidation sites excluding steroid dienone is 4. The first-order chi connectivity index (χ1) is 9.40. The van der Waals surface area contributed by atoms with Crippen molar-refractivity contribution in [2.45, 2.75) is 18.0 Å². The highest BCUT2D eigenvalue weighted by Gasteiger charge is 2.53. The fraction of sp³-hybridized carbons (Fsp3) is 0.267. The number of rotatable bonds is 2. The van der Waals surface area contributed by atoms with Crippen LogP contribution >= 0.6 is 0 Å². The van der Waals surface area contributed by atoms with Crippen LogP contribution in [0.25, 0.3) is 0 Å². The SMILES string of the molecule is COC(=O)c1ccc(C2(C(F)(F)F)C=CC=CC2)cc1. The molecule has 0 spiro atoms. The fourth-order valence-corrected chi connectivity index (χ4v) is 2.23. The molecule has 5 heteroatoms. The van der Waals surface area contributed by atoms with Gasteiger partial charge in [0.1, 0.15) is 5.41 Å². The lowest BCUT2D eigenvalue weighted by atomic mass is 9.74. The summed E-state index contributed by atoms with van der Waals surface area (Å²) in [4.78, 5) is 11.3. The van der Waals surface area contributed by atoms with Crippen LogP contribution in [0.15, 0.2) is 48.6 Å². The van der Waals surface area contributed by atoms with E-state index in [1.165, 1.54) is 43.5 Å². The maximum Gasteiger partial charge on any atom is 0.402 e. The van der Waals surface area contributed by atoms with Gasteiger partial charge in [-0.15, -0.1) is 0 Å². The van der Waals surface area contributed by atoms with Crippen molar-refractivity contribution in [1.82, 2.24) is 0 Å². The van der Waals surface area contributed by atoms with Gasteiger partial charge in [0.2, 0.25) is 0 Å². The summed E-state index contributed by atoms with van der Waals surface area (Å²) < 4.78 is 44.8. The highest BCUT2D eigenvalue weighted by atomic mass is 19.4. The van der Waals surface area contributed by atoms with Gasteiger partial charge in [-0.2, -0.15) is 13.2 Å². The summed E-state index contributed by atoms with van der Waals surface area (Å²) in [5.41, 5.74) is -1.70. The zero-order chi connectivity index (χ0) is 14.8. The molecule has 0 aromatic heterocycles. The molecule has 20 heavy (non-hydrogen) atoms. The van der Waals surface area contributed by atoms with Crippen molar-refractivity contribution in [3.05, 3.63) is 59.7 Å². The molecule has 1 aromatic carbocycles. The highest BCUT2D eigenvalue weighted by molar-refractivity contribution is 5.89. The zero-order valence-electron chi connectivity index (χ0n) is 10.8. The molecular formula is C15H13F3O2. The van der Waals surface area contributed by atoms with E-state index in [2.05, 4.69) is 4.74 Å². The summed E-state index contributed by atoms with van der Waals surface area (Å²) in [5.74, 6) is -0.573. The molecule has 0 bridgehead atoms. The second-order valence-electron chi connectivity index (χ2n) is 4.53. The molecule has 0 heterocycles. The van der Waals surface area contributed by atoms with Crippen molar-refractivity contribution in [1.29, 1.82) is 0 Å². The van der Waals surface area contributed by atoms with Crippen molar-refractivity contribution in [3.8, 4) is 0 Å². The summed E-state index contributed by atoms with van der Waals surface area (Å²) in [6.45, 7) is 0.